The number of aliphatic imine (C=N–C) groups is 1. The van der Waals surface area contributed by atoms with Crippen molar-refractivity contribution in [1.82, 2.24) is 10.6 Å². The summed E-state index contributed by atoms with van der Waals surface area (Å²) in [5.74, 6) is 0.898. The van der Waals surface area contributed by atoms with Crippen LogP contribution in [0.25, 0.3) is 0 Å². The Morgan fingerprint density at radius 1 is 1.08 bits per heavy atom. The van der Waals surface area contributed by atoms with E-state index in [4.69, 9.17) is 4.99 Å². The van der Waals surface area contributed by atoms with Crippen molar-refractivity contribution < 1.29 is 5.11 Å². The number of aliphatic hydroxyl groups excluding tert-OH is 1. The summed E-state index contributed by atoms with van der Waals surface area (Å²) < 4.78 is 0. The first-order chi connectivity index (χ1) is 12.8. The predicted molar refractivity (Wildman–Crippen MR) is 111 cm³/mol. The molecule has 1 aromatic rings. The number of para-hydroxylation sites is 1. The van der Waals surface area contributed by atoms with Gasteiger partial charge in [-0.25, -0.2) is 0 Å². The van der Waals surface area contributed by atoms with Crippen molar-refractivity contribution >= 4 is 11.6 Å². The molecule has 2 rings (SSSR count). The van der Waals surface area contributed by atoms with Gasteiger partial charge in [0.25, 0.3) is 0 Å². The van der Waals surface area contributed by atoms with E-state index in [1.165, 1.54) is 32.1 Å². The smallest absolute Gasteiger partial charge is 0.191 e. The van der Waals surface area contributed by atoms with Crippen LogP contribution in [0.3, 0.4) is 0 Å². The molecule has 0 bridgehead atoms. The number of guanidine groups is 1. The van der Waals surface area contributed by atoms with E-state index in [2.05, 4.69) is 35.0 Å². The highest BCUT2D eigenvalue weighted by Crippen LogP contribution is 2.39. The first kappa shape index (κ1) is 20.6. The summed E-state index contributed by atoms with van der Waals surface area (Å²) in [6.07, 6.45) is 8.14. The Bertz CT molecular complexity index is 506. The van der Waals surface area contributed by atoms with Crippen LogP contribution in [0.15, 0.2) is 35.3 Å². The lowest BCUT2D eigenvalue weighted by Gasteiger charge is -2.35. The normalized spacial score (nSPS) is 16.9. The molecule has 0 saturated heterocycles. The molecule has 1 aromatic carbocycles. The molecule has 0 amide bonds. The van der Waals surface area contributed by atoms with Crippen LogP contribution >= 0.6 is 0 Å². The molecule has 26 heavy (non-hydrogen) atoms. The second-order valence-corrected chi connectivity index (χ2v) is 7.30. The molecule has 0 aromatic heterocycles. The Kier molecular flexibility index (Phi) is 9.32. The van der Waals surface area contributed by atoms with Gasteiger partial charge < -0.3 is 21.1 Å². The number of anilines is 1. The van der Waals surface area contributed by atoms with Gasteiger partial charge in [0.1, 0.15) is 0 Å². The lowest BCUT2D eigenvalue weighted by molar-refractivity contribution is 0.137. The molecule has 146 valence electrons. The Labute approximate surface area is 158 Å². The predicted octanol–water partition coefficient (Wildman–Crippen LogP) is 3.38. The number of benzene rings is 1. The van der Waals surface area contributed by atoms with Crippen molar-refractivity contribution in [2.24, 2.45) is 10.4 Å². The SMILES string of the molecule is CCNC(=NCC1(CCO)CCCCC1)NCCCNc1ccccc1. The van der Waals surface area contributed by atoms with Gasteiger partial charge in [0, 0.05) is 38.5 Å². The van der Waals surface area contributed by atoms with Gasteiger partial charge in [0.2, 0.25) is 0 Å². The number of hydrogen-bond donors (Lipinski definition) is 4. The first-order valence-electron chi connectivity index (χ1n) is 10.2. The van der Waals surface area contributed by atoms with E-state index in [-0.39, 0.29) is 12.0 Å². The molecule has 5 nitrogen and oxygen atoms in total. The van der Waals surface area contributed by atoms with Gasteiger partial charge in [-0.3, -0.25) is 4.99 Å². The number of rotatable bonds is 10. The molecule has 1 saturated carbocycles. The van der Waals surface area contributed by atoms with Gasteiger partial charge in [-0.1, -0.05) is 37.5 Å². The molecule has 1 fully saturated rings. The standard InChI is InChI=1S/C21H36N4O/c1-2-22-20(24-16-9-15-23-19-10-5-3-6-11-19)25-18-21(14-17-26)12-7-4-8-13-21/h3,5-6,10-11,23,26H,2,4,7-9,12-18H2,1H3,(H2,22,24,25). The quantitative estimate of drug-likeness (QED) is 0.293. The maximum Gasteiger partial charge on any atom is 0.191 e. The number of nitrogens with zero attached hydrogens (tertiary/aromatic N) is 1. The van der Waals surface area contributed by atoms with E-state index >= 15 is 0 Å². The van der Waals surface area contributed by atoms with Crippen LogP contribution in [0.4, 0.5) is 5.69 Å². The van der Waals surface area contributed by atoms with Gasteiger partial charge in [-0.15, -0.1) is 0 Å². The van der Waals surface area contributed by atoms with Crippen LogP contribution in [-0.2, 0) is 0 Å². The Balaban J connectivity index is 1.76. The minimum atomic E-state index is 0.199. The number of aliphatic hydroxyl groups is 1. The van der Waals surface area contributed by atoms with E-state index in [0.717, 1.165) is 50.7 Å². The number of hydrogen-bond acceptors (Lipinski definition) is 3. The molecule has 1 aliphatic rings. The average molecular weight is 361 g/mol. The fraction of sp³-hybridized carbons (Fsp3) is 0.667. The van der Waals surface area contributed by atoms with Crippen molar-refractivity contribution in [1.29, 1.82) is 0 Å². The zero-order valence-corrected chi connectivity index (χ0v) is 16.3. The van der Waals surface area contributed by atoms with Crippen molar-refractivity contribution in [3.05, 3.63) is 30.3 Å². The number of nitrogens with one attached hydrogen (secondary N) is 3. The Morgan fingerprint density at radius 3 is 2.54 bits per heavy atom. The van der Waals surface area contributed by atoms with Crippen LogP contribution < -0.4 is 16.0 Å². The van der Waals surface area contributed by atoms with Gasteiger partial charge >= 0.3 is 0 Å². The molecule has 5 heteroatoms. The molecule has 0 unspecified atom stereocenters. The molecular weight excluding hydrogens is 324 g/mol. The molecule has 0 spiro atoms. The zero-order valence-electron chi connectivity index (χ0n) is 16.3. The lowest BCUT2D eigenvalue weighted by Crippen LogP contribution is -2.39. The van der Waals surface area contributed by atoms with Crippen LogP contribution in [0.1, 0.15) is 51.9 Å². The van der Waals surface area contributed by atoms with Crippen LogP contribution in [0.2, 0.25) is 0 Å². The van der Waals surface area contributed by atoms with E-state index in [1.807, 2.05) is 18.2 Å². The second-order valence-electron chi connectivity index (χ2n) is 7.30. The summed E-state index contributed by atoms with van der Waals surface area (Å²) in [6, 6.07) is 10.3. The van der Waals surface area contributed by atoms with Gasteiger partial charge in [0.05, 0.1) is 0 Å². The maximum absolute atomic E-state index is 9.46. The summed E-state index contributed by atoms with van der Waals surface area (Å²) in [6.45, 7) is 5.86. The van der Waals surface area contributed by atoms with E-state index in [9.17, 15) is 5.11 Å². The van der Waals surface area contributed by atoms with Crippen LogP contribution in [0.5, 0.6) is 0 Å². The minimum absolute atomic E-state index is 0.199. The van der Waals surface area contributed by atoms with Crippen LogP contribution in [-0.4, -0.2) is 43.9 Å². The molecule has 1 aliphatic carbocycles. The molecular formula is C21H36N4O. The van der Waals surface area contributed by atoms with Crippen molar-refractivity contribution in [2.75, 3.05) is 38.1 Å². The highest BCUT2D eigenvalue weighted by atomic mass is 16.3. The van der Waals surface area contributed by atoms with Gasteiger partial charge in [0.15, 0.2) is 5.96 Å². The summed E-state index contributed by atoms with van der Waals surface area (Å²) in [4.78, 5) is 4.85. The largest absolute Gasteiger partial charge is 0.396 e. The molecule has 0 radical (unpaired) electrons. The molecule has 4 N–H and O–H groups in total. The summed E-state index contributed by atoms with van der Waals surface area (Å²) in [5.41, 5.74) is 1.36. The third-order valence-electron chi connectivity index (χ3n) is 5.22. The minimum Gasteiger partial charge on any atom is -0.396 e. The molecule has 0 atom stereocenters. The third-order valence-corrected chi connectivity index (χ3v) is 5.22. The van der Waals surface area contributed by atoms with Gasteiger partial charge in [-0.2, -0.15) is 0 Å². The van der Waals surface area contributed by atoms with Crippen molar-refractivity contribution in [3.63, 3.8) is 0 Å². The first-order valence-corrected chi connectivity index (χ1v) is 10.2. The summed E-state index contributed by atoms with van der Waals surface area (Å²) in [7, 11) is 0. The summed E-state index contributed by atoms with van der Waals surface area (Å²) in [5, 5.41) is 19.7. The third kappa shape index (κ3) is 7.24. The van der Waals surface area contributed by atoms with Crippen LogP contribution in [0, 0.1) is 5.41 Å². The Morgan fingerprint density at radius 2 is 1.85 bits per heavy atom. The van der Waals surface area contributed by atoms with E-state index < -0.39 is 0 Å². The van der Waals surface area contributed by atoms with Gasteiger partial charge in [-0.05, 0) is 50.2 Å². The fourth-order valence-electron chi connectivity index (χ4n) is 3.70. The van der Waals surface area contributed by atoms with Crippen molar-refractivity contribution in [2.45, 2.75) is 51.9 Å². The monoisotopic (exact) mass is 360 g/mol. The van der Waals surface area contributed by atoms with E-state index in [0.29, 0.717) is 0 Å². The highest BCUT2D eigenvalue weighted by molar-refractivity contribution is 5.79. The highest BCUT2D eigenvalue weighted by Gasteiger charge is 2.31. The van der Waals surface area contributed by atoms with Crippen molar-refractivity contribution in [3.8, 4) is 0 Å². The topological polar surface area (TPSA) is 68.7 Å². The zero-order chi connectivity index (χ0) is 18.5. The average Bonchev–Trinajstić information content (AvgIpc) is 2.67. The molecule has 0 heterocycles. The Hall–Kier alpha value is -1.75. The second kappa shape index (κ2) is 11.8. The molecule has 0 aliphatic heterocycles. The summed E-state index contributed by atoms with van der Waals surface area (Å²) >= 11 is 0. The van der Waals surface area contributed by atoms with E-state index in [1.54, 1.807) is 0 Å². The lowest BCUT2D eigenvalue weighted by atomic mass is 9.72. The maximum atomic E-state index is 9.46. The fourth-order valence-corrected chi connectivity index (χ4v) is 3.70.